The Morgan fingerprint density at radius 1 is 0.333 bits per heavy atom. The van der Waals surface area contributed by atoms with Crippen LogP contribution in [0.1, 0.15) is 22.3 Å². The van der Waals surface area contributed by atoms with Gasteiger partial charge in [-0.15, -0.1) is 0 Å². The lowest BCUT2D eigenvalue weighted by Crippen LogP contribution is -2.12. The van der Waals surface area contributed by atoms with Crippen LogP contribution in [0.3, 0.4) is 0 Å². The summed E-state index contributed by atoms with van der Waals surface area (Å²) in [5.41, 5.74) is 4.19. The number of hydrogen-bond donors (Lipinski definition) is 0. The van der Waals surface area contributed by atoms with Crippen molar-refractivity contribution in [2.45, 2.75) is 25.5 Å². The number of fused-ring (bicyclic) bond motifs is 6. The lowest BCUT2D eigenvalue weighted by molar-refractivity contribution is -0.143. The third-order valence-corrected chi connectivity index (χ3v) is 14.6. The first-order chi connectivity index (χ1) is 39.0. The van der Waals surface area contributed by atoms with Crippen molar-refractivity contribution in [3.05, 3.63) is 241 Å². The number of benzene rings is 9. The first kappa shape index (κ1) is 50.6. The summed E-state index contributed by atoms with van der Waals surface area (Å²) in [5, 5.41) is 2.63. The summed E-state index contributed by atoms with van der Waals surface area (Å²) in [4.78, 5) is 19.7. The van der Waals surface area contributed by atoms with Crippen molar-refractivity contribution in [2.24, 2.45) is 0 Å². The first-order valence-corrected chi connectivity index (χ1v) is 25.5. The van der Waals surface area contributed by atoms with Gasteiger partial charge in [-0.25, -0.2) is 15.0 Å². The summed E-state index contributed by atoms with van der Waals surface area (Å²) < 4.78 is 134. The highest BCUT2D eigenvalue weighted by atomic mass is 19.4. The average molecular weight is 1090 g/mol. The Hall–Kier alpha value is -9.89. The molecule has 0 bridgehead atoms. The summed E-state index contributed by atoms with van der Waals surface area (Å²) in [7, 11) is 0. The number of aryl methyl sites for hydroxylation is 1. The highest BCUT2D eigenvalue weighted by Gasteiger charge is 2.39. The van der Waals surface area contributed by atoms with Crippen LogP contribution in [0.2, 0.25) is 0 Å². The van der Waals surface area contributed by atoms with Crippen LogP contribution in [0.25, 0.3) is 123 Å². The molecule has 0 amide bonds. The van der Waals surface area contributed by atoms with Gasteiger partial charge in [0.2, 0.25) is 0 Å². The van der Waals surface area contributed by atoms with Gasteiger partial charge in [0.05, 0.1) is 50.1 Å². The number of pyridine rings is 1. The first-order valence-electron chi connectivity index (χ1n) is 25.5. The van der Waals surface area contributed by atoms with Crippen molar-refractivity contribution in [1.29, 1.82) is 0 Å². The Morgan fingerprint density at radius 2 is 0.790 bits per heavy atom. The molecule has 4 aromatic heterocycles. The molecule has 81 heavy (non-hydrogen) atoms. The molecule has 4 heterocycles. The van der Waals surface area contributed by atoms with Crippen LogP contribution in [0.5, 0.6) is 0 Å². The van der Waals surface area contributed by atoms with Crippen molar-refractivity contribution in [3.8, 4) is 78.9 Å². The maximum absolute atomic E-state index is 14.7. The summed E-state index contributed by atoms with van der Waals surface area (Å²) in [6.45, 7) is 1.62. The van der Waals surface area contributed by atoms with E-state index in [-0.39, 0.29) is 17.2 Å². The molecule has 0 fully saturated rings. The second-order valence-electron chi connectivity index (χ2n) is 19.6. The van der Waals surface area contributed by atoms with Gasteiger partial charge in [0.25, 0.3) is 0 Å². The highest BCUT2D eigenvalue weighted by molar-refractivity contribution is 6.13. The Labute approximate surface area is 455 Å². The van der Waals surface area contributed by atoms with Crippen molar-refractivity contribution >= 4 is 43.6 Å². The summed E-state index contributed by atoms with van der Waals surface area (Å²) in [5.74, 6) is 1.21. The molecule has 0 spiro atoms. The quantitative estimate of drug-likeness (QED) is 0.142. The lowest BCUT2D eigenvalue weighted by atomic mass is 9.95. The van der Waals surface area contributed by atoms with Crippen molar-refractivity contribution in [1.82, 2.24) is 29.1 Å². The minimum Gasteiger partial charge on any atom is -0.309 e. The Morgan fingerprint density at radius 3 is 1.33 bits per heavy atom. The van der Waals surface area contributed by atoms with Gasteiger partial charge in [-0.2, -0.15) is 39.5 Å². The molecule has 396 valence electrons. The van der Waals surface area contributed by atoms with Crippen LogP contribution in [-0.4, -0.2) is 29.1 Å². The van der Waals surface area contributed by atoms with Crippen molar-refractivity contribution in [3.63, 3.8) is 0 Å². The van der Waals surface area contributed by atoms with E-state index in [9.17, 15) is 39.5 Å². The molecule has 6 nitrogen and oxygen atoms in total. The molecule has 0 aliphatic carbocycles. The number of aromatic nitrogens is 6. The van der Waals surface area contributed by atoms with Gasteiger partial charge < -0.3 is 9.13 Å². The van der Waals surface area contributed by atoms with E-state index >= 15 is 0 Å². The number of para-hydroxylation sites is 2. The van der Waals surface area contributed by atoms with Crippen LogP contribution in [-0.2, 0) is 18.5 Å². The Bertz CT molecular complexity index is 4560. The van der Waals surface area contributed by atoms with Gasteiger partial charge in [-0.05, 0) is 95.9 Å². The fourth-order valence-corrected chi connectivity index (χ4v) is 11.0. The van der Waals surface area contributed by atoms with Crippen LogP contribution in [0, 0.1) is 6.92 Å². The SMILES string of the molecule is Cc1ccc(-c2ccc3c(c2)c2ccccc2n3-c2cc(-c3nc(-c4ccccc4)nc(-c4ccccc4)n3)ccc2-c2cnccc2-n2c3ccccc3c3cc(-c4ccc(C(F)(F)F)cc4C(F)(F)F)ccc32)c(C(F)(F)F)c1. The number of rotatable bonds is 8. The fourth-order valence-electron chi connectivity index (χ4n) is 11.0. The Kier molecular flexibility index (Phi) is 12.0. The molecular formula is C66H39F9N6. The van der Waals surface area contributed by atoms with Gasteiger partial charge >= 0.3 is 18.5 Å². The molecule has 0 aliphatic rings. The molecule has 9 aromatic carbocycles. The van der Waals surface area contributed by atoms with E-state index in [1.165, 1.54) is 12.1 Å². The molecule has 0 aliphatic heterocycles. The smallest absolute Gasteiger partial charge is 0.309 e. The monoisotopic (exact) mass is 1090 g/mol. The van der Waals surface area contributed by atoms with E-state index in [1.807, 2.05) is 138 Å². The van der Waals surface area contributed by atoms with Crippen molar-refractivity contribution in [2.75, 3.05) is 0 Å². The third-order valence-electron chi connectivity index (χ3n) is 14.6. The van der Waals surface area contributed by atoms with E-state index in [0.29, 0.717) is 95.4 Å². The van der Waals surface area contributed by atoms with E-state index in [4.69, 9.17) is 15.0 Å². The average Bonchev–Trinajstić information content (AvgIpc) is 3.69. The second-order valence-corrected chi connectivity index (χ2v) is 19.6. The van der Waals surface area contributed by atoms with Crippen molar-refractivity contribution < 1.29 is 39.5 Å². The molecular weight excluding hydrogens is 1050 g/mol. The third kappa shape index (κ3) is 9.00. The molecule has 15 heteroatoms. The molecule has 0 radical (unpaired) electrons. The standard InChI is InChI=1S/C66H39F9N6/c1-38-20-25-45(53(32-38)65(70,71)72)41-23-29-58-51(33-41)48-17-9-11-19-56(48)81(58)60-35-43(63-78-61(39-12-4-2-5-13-39)77-62(79-63)40-14-6-3-7-15-40)21-26-49(60)52-37-76-31-30-59(52)80-55-18-10-8-16-47(55)50-34-42(22-28-57(50)80)46-27-24-44(64(67,68)69)36-54(46)66(73,74)75/h2-37H,1H3. The highest BCUT2D eigenvalue weighted by Crippen LogP contribution is 2.46. The van der Waals surface area contributed by atoms with Gasteiger partial charge in [0.15, 0.2) is 17.5 Å². The largest absolute Gasteiger partial charge is 0.417 e. The molecule has 13 rings (SSSR count). The van der Waals surface area contributed by atoms with E-state index in [2.05, 4.69) is 9.55 Å². The predicted octanol–water partition coefficient (Wildman–Crippen LogP) is 18.8. The minimum absolute atomic E-state index is 0.0336. The Balaban J connectivity index is 1.06. The number of hydrogen-bond acceptors (Lipinski definition) is 4. The van der Waals surface area contributed by atoms with Crippen LogP contribution >= 0.6 is 0 Å². The van der Waals surface area contributed by atoms with Crippen LogP contribution < -0.4 is 0 Å². The molecule has 0 saturated heterocycles. The molecule has 13 aromatic rings. The number of alkyl halides is 9. The number of nitrogens with zero attached hydrogens (tertiary/aromatic N) is 6. The van der Waals surface area contributed by atoms with E-state index < -0.39 is 40.8 Å². The van der Waals surface area contributed by atoms with Gasteiger partial charge in [0.1, 0.15) is 0 Å². The van der Waals surface area contributed by atoms with E-state index in [1.54, 1.807) is 55.7 Å². The number of halogens is 9. The fraction of sp³-hybridized carbons (Fsp3) is 0.0606. The lowest BCUT2D eigenvalue weighted by Gasteiger charge is -2.19. The predicted molar refractivity (Wildman–Crippen MR) is 299 cm³/mol. The summed E-state index contributed by atoms with van der Waals surface area (Å²) >= 11 is 0. The second kappa shape index (κ2) is 19.2. The maximum Gasteiger partial charge on any atom is 0.417 e. The zero-order valence-electron chi connectivity index (χ0n) is 42.4. The van der Waals surface area contributed by atoms with Gasteiger partial charge in [-0.1, -0.05) is 145 Å². The van der Waals surface area contributed by atoms with Crippen LogP contribution in [0.15, 0.2) is 219 Å². The maximum atomic E-state index is 14.7. The summed E-state index contributed by atoms with van der Waals surface area (Å²) in [6, 6.07) is 57.6. The molecule has 0 atom stereocenters. The molecule has 0 saturated carbocycles. The zero-order valence-corrected chi connectivity index (χ0v) is 42.4. The normalized spacial score (nSPS) is 12.3. The minimum atomic E-state index is -5.10. The van der Waals surface area contributed by atoms with Gasteiger partial charge in [-0.3, -0.25) is 4.98 Å². The van der Waals surface area contributed by atoms with E-state index in [0.717, 1.165) is 34.2 Å². The molecule has 0 unspecified atom stereocenters. The van der Waals surface area contributed by atoms with Crippen LogP contribution in [0.4, 0.5) is 39.5 Å². The topological polar surface area (TPSA) is 61.4 Å². The summed E-state index contributed by atoms with van der Waals surface area (Å²) in [6.07, 6.45) is -11.4. The molecule has 0 N–H and O–H groups in total. The zero-order chi connectivity index (χ0) is 56.0. The van der Waals surface area contributed by atoms with Gasteiger partial charge in [0, 0.05) is 61.8 Å².